The number of carbonyl (C=O) groups is 3. The molecule has 1 saturated heterocycles. The van der Waals surface area contributed by atoms with E-state index in [1.807, 2.05) is 12.2 Å². The van der Waals surface area contributed by atoms with Crippen LogP contribution in [0.4, 0.5) is 4.39 Å². The number of nitrogens with zero attached hydrogens (tertiary/aromatic N) is 1. The van der Waals surface area contributed by atoms with Gasteiger partial charge in [0.2, 0.25) is 11.8 Å². The number of allylic oxidation sites excluding steroid dienone is 2. The third kappa shape index (κ3) is 3.18. The molecule has 0 radical (unpaired) electrons. The minimum absolute atomic E-state index is 0.0571. The van der Waals surface area contributed by atoms with Crippen molar-refractivity contribution in [1.29, 1.82) is 0 Å². The van der Waals surface area contributed by atoms with Crippen LogP contribution < -0.4 is 0 Å². The Labute approximate surface area is 149 Å². The highest BCUT2D eigenvalue weighted by molar-refractivity contribution is 6.31. The highest BCUT2D eigenvalue weighted by atomic mass is 35.5. The van der Waals surface area contributed by atoms with E-state index in [1.54, 1.807) is 0 Å². The topological polar surface area (TPSA) is 63.7 Å². The van der Waals surface area contributed by atoms with Gasteiger partial charge in [0.15, 0.2) is 0 Å². The molecule has 0 aromatic heterocycles. The van der Waals surface area contributed by atoms with Crippen LogP contribution in [0.3, 0.4) is 0 Å². The fraction of sp³-hybridized carbons (Fsp3) is 0.389. The zero-order valence-electron chi connectivity index (χ0n) is 13.6. The Morgan fingerprint density at radius 2 is 1.88 bits per heavy atom. The smallest absolute Gasteiger partial charge is 0.329 e. The van der Waals surface area contributed by atoms with Gasteiger partial charge < -0.3 is 4.74 Å². The molecule has 0 unspecified atom stereocenters. The summed E-state index contributed by atoms with van der Waals surface area (Å²) in [5, 5.41) is 0.144. The van der Waals surface area contributed by atoms with Crippen molar-refractivity contribution in [3.05, 3.63) is 46.8 Å². The molecule has 0 spiro atoms. The third-order valence-corrected chi connectivity index (χ3v) is 5.04. The Morgan fingerprint density at radius 3 is 2.44 bits per heavy atom. The van der Waals surface area contributed by atoms with Crippen LogP contribution in [0.5, 0.6) is 0 Å². The Kier molecular flexibility index (Phi) is 4.90. The van der Waals surface area contributed by atoms with Crippen LogP contribution in [0.2, 0.25) is 5.02 Å². The standard InChI is InChI=1S/C18H17ClFNO4/c1-10(18(24)25-9-13-14(19)7-4-8-15(13)20)21-16(22)11-5-2-3-6-12(11)17(21)23/h2-4,7-8,10-12H,5-6,9H2,1H3/t10-,11-,12-/m0/s1. The number of benzene rings is 1. The van der Waals surface area contributed by atoms with Crippen molar-refractivity contribution in [2.24, 2.45) is 11.8 Å². The van der Waals surface area contributed by atoms with Gasteiger partial charge in [-0.1, -0.05) is 29.8 Å². The lowest BCUT2D eigenvalue weighted by Crippen LogP contribution is -2.44. The van der Waals surface area contributed by atoms with Crippen molar-refractivity contribution in [2.45, 2.75) is 32.4 Å². The zero-order valence-corrected chi connectivity index (χ0v) is 14.3. The molecule has 0 N–H and O–H groups in total. The van der Waals surface area contributed by atoms with Crippen molar-refractivity contribution in [3.8, 4) is 0 Å². The van der Waals surface area contributed by atoms with Crippen LogP contribution >= 0.6 is 11.6 Å². The average Bonchev–Trinajstić information content (AvgIpc) is 2.85. The predicted molar refractivity (Wildman–Crippen MR) is 87.9 cm³/mol. The number of ether oxygens (including phenoxy) is 1. The van der Waals surface area contributed by atoms with Gasteiger partial charge in [-0.2, -0.15) is 0 Å². The zero-order chi connectivity index (χ0) is 18.1. The van der Waals surface area contributed by atoms with Gasteiger partial charge in [0, 0.05) is 5.56 Å². The van der Waals surface area contributed by atoms with Gasteiger partial charge in [-0.25, -0.2) is 9.18 Å². The number of carbonyl (C=O) groups excluding carboxylic acids is 3. The number of esters is 1. The number of rotatable bonds is 4. The molecule has 25 heavy (non-hydrogen) atoms. The van der Waals surface area contributed by atoms with E-state index in [2.05, 4.69) is 0 Å². The largest absolute Gasteiger partial charge is 0.459 e. The molecule has 1 aliphatic carbocycles. The van der Waals surface area contributed by atoms with Gasteiger partial charge >= 0.3 is 5.97 Å². The molecule has 1 aromatic carbocycles. The molecule has 5 nitrogen and oxygen atoms in total. The van der Waals surface area contributed by atoms with E-state index in [1.165, 1.54) is 25.1 Å². The van der Waals surface area contributed by atoms with Gasteiger partial charge in [0.05, 0.1) is 16.9 Å². The van der Waals surface area contributed by atoms with Crippen LogP contribution in [0.25, 0.3) is 0 Å². The molecule has 1 aliphatic heterocycles. The molecule has 0 saturated carbocycles. The number of imide groups is 1. The van der Waals surface area contributed by atoms with E-state index in [4.69, 9.17) is 16.3 Å². The first-order chi connectivity index (χ1) is 11.9. The van der Waals surface area contributed by atoms with Crippen molar-refractivity contribution >= 4 is 29.4 Å². The molecule has 132 valence electrons. The summed E-state index contributed by atoms with van der Waals surface area (Å²) in [4.78, 5) is 38.2. The van der Waals surface area contributed by atoms with E-state index in [0.717, 1.165) is 4.90 Å². The fourth-order valence-corrected chi connectivity index (χ4v) is 3.46. The lowest BCUT2D eigenvalue weighted by molar-refractivity contribution is -0.159. The number of amides is 2. The summed E-state index contributed by atoms with van der Waals surface area (Å²) in [6, 6.07) is 3.09. The molecule has 3 atom stereocenters. The van der Waals surface area contributed by atoms with Crippen LogP contribution in [0.15, 0.2) is 30.4 Å². The van der Waals surface area contributed by atoms with Crippen LogP contribution in [0, 0.1) is 17.7 Å². The highest BCUT2D eigenvalue weighted by Gasteiger charge is 2.50. The maximum absolute atomic E-state index is 13.7. The number of hydrogen-bond donors (Lipinski definition) is 0. The van der Waals surface area contributed by atoms with Crippen molar-refractivity contribution < 1.29 is 23.5 Å². The summed E-state index contributed by atoms with van der Waals surface area (Å²) in [6.07, 6.45) is 4.74. The van der Waals surface area contributed by atoms with Gasteiger partial charge in [-0.15, -0.1) is 0 Å². The molecule has 2 amide bonds. The minimum atomic E-state index is -1.06. The van der Waals surface area contributed by atoms with Gasteiger partial charge in [-0.3, -0.25) is 14.5 Å². The Morgan fingerprint density at radius 1 is 1.28 bits per heavy atom. The summed E-state index contributed by atoms with van der Waals surface area (Å²) in [7, 11) is 0. The van der Waals surface area contributed by atoms with Crippen molar-refractivity contribution in [1.82, 2.24) is 4.90 Å². The molecular formula is C18H17ClFNO4. The van der Waals surface area contributed by atoms with Crippen molar-refractivity contribution in [3.63, 3.8) is 0 Å². The summed E-state index contributed by atoms with van der Waals surface area (Å²) in [5.41, 5.74) is 0.0571. The fourth-order valence-electron chi connectivity index (χ4n) is 3.25. The van der Waals surface area contributed by atoms with Crippen molar-refractivity contribution in [2.75, 3.05) is 0 Å². The first-order valence-corrected chi connectivity index (χ1v) is 8.41. The van der Waals surface area contributed by atoms with Crippen LogP contribution in [0.1, 0.15) is 25.3 Å². The average molecular weight is 366 g/mol. The van der Waals surface area contributed by atoms with E-state index >= 15 is 0 Å². The molecule has 0 bridgehead atoms. The number of likely N-dealkylation sites (tertiary alicyclic amines) is 1. The Balaban J connectivity index is 1.68. The second-order valence-corrected chi connectivity index (χ2v) is 6.59. The predicted octanol–water partition coefficient (Wildman–Crippen LogP) is 2.86. The molecular weight excluding hydrogens is 349 g/mol. The summed E-state index contributed by atoms with van der Waals surface area (Å²) >= 11 is 5.89. The number of fused-ring (bicyclic) bond motifs is 1. The molecule has 1 aromatic rings. The second kappa shape index (κ2) is 6.96. The van der Waals surface area contributed by atoms with E-state index in [0.29, 0.717) is 12.8 Å². The molecule has 2 aliphatic rings. The van der Waals surface area contributed by atoms with Crippen LogP contribution in [-0.4, -0.2) is 28.7 Å². The maximum Gasteiger partial charge on any atom is 0.329 e. The monoisotopic (exact) mass is 365 g/mol. The Bertz CT molecular complexity index is 717. The SMILES string of the molecule is C[C@@H](C(=O)OCc1c(F)cccc1Cl)N1C(=O)[C@H]2CC=CC[C@@H]2C1=O. The quantitative estimate of drug-likeness (QED) is 0.467. The summed E-state index contributed by atoms with van der Waals surface area (Å²) < 4.78 is 18.8. The second-order valence-electron chi connectivity index (χ2n) is 6.19. The highest BCUT2D eigenvalue weighted by Crippen LogP contribution is 2.36. The van der Waals surface area contributed by atoms with E-state index in [9.17, 15) is 18.8 Å². The van der Waals surface area contributed by atoms with Crippen LogP contribution in [-0.2, 0) is 25.7 Å². The maximum atomic E-state index is 13.7. The summed E-state index contributed by atoms with van der Waals surface area (Å²) in [5.74, 6) is -2.88. The molecule has 7 heteroatoms. The summed E-state index contributed by atoms with van der Waals surface area (Å²) in [6.45, 7) is 1.07. The molecule has 1 fully saturated rings. The van der Waals surface area contributed by atoms with Gasteiger partial charge in [-0.05, 0) is 31.9 Å². The number of hydrogen-bond acceptors (Lipinski definition) is 4. The normalized spacial score (nSPS) is 23.6. The lowest BCUT2D eigenvalue weighted by Gasteiger charge is -2.21. The minimum Gasteiger partial charge on any atom is -0.459 e. The lowest BCUT2D eigenvalue weighted by atomic mass is 9.85. The van der Waals surface area contributed by atoms with Gasteiger partial charge in [0.1, 0.15) is 18.5 Å². The van der Waals surface area contributed by atoms with E-state index in [-0.39, 0.29) is 29.0 Å². The van der Waals surface area contributed by atoms with Gasteiger partial charge in [0.25, 0.3) is 0 Å². The van der Waals surface area contributed by atoms with E-state index < -0.39 is 29.7 Å². The Hall–Kier alpha value is -2.21. The molecule has 1 heterocycles. The number of halogens is 2. The first-order valence-electron chi connectivity index (χ1n) is 8.03. The molecule has 3 rings (SSSR count). The third-order valence-electron chi connectivity index (χ3n) is 4.69. The first kappa shape index (κ1) is 17.6.